The molecule has 0 aliphatic carbocycles. The van der Waals surface area contributed by atoms with Crippen LogP contribution >= 0.6 is 0 Å². The SMILES string of the molecule is CN(C)CCCN=C=[N+](C)C. The summed E-state index contributed by atoms with van der Waals surface area (Å²) in [5.41, 5.74) is 0. The lowest BCUT2D eigenvalue weighted by molar-refractivity contribution is -0.457. The molecule has 0 aromatic heterocycles. The molecule has 0 aliphatic rings. The molecule has 0 aromatic rings. The maximum Gasteiger partial charge on any atom is 0.305 e. The fourth-order valence-corrected chi connectivity index (χ4v) is 0.657. The highest BCUT2D eigenvalue weighted by atomic mass is 15.0. The minimum atomic E-state index is 0.871. The monoisotopic (exact) mass is 156 g/mol. The Labute approximate surface area is 69.1 Å². The van der Waals surface area contributed by atoms with Gasteiger partial charge in [-0.1, -0.05) is 0 Å². The second kappa shape index (κ2) is 6.08. The topological polar surface area (TPSA) is 18.6 Å². The normalized spacial score (nSPS) is 9.55. The van der Waals surface area contributed by atoms with Crippen molar-refractivity contribution in [2.45, 2.75) is 6.42 Å². The van der Waals surface area contributed by atoms with Crippen molar-refractivity contribution in [3.63, 3.8) is 0 Å². The maximum atomic E-state index is 4.09. The van der Waals surface area contributed by atoms with Crippen molar-refractivity contribution in [1.29, 1.82) is 0 Å². The summed E-state index contributed by atoms with van der Waals surface area (Å²) < 4.78 is 1.83. The van der Waals surface area contributed by atoms with Gasteiger partial charge in [-0.2, -0.15) is 0 Å². The third-order valence-electron chi connectivity index (χ3n) is 1.15. The van der Waals surface area contributed by atoms with Crippen LogP contribution < -0.4 is 0 Å². The number of rotatable bonds is 4. The summed E-state index contributed by atoms with van der Waals surface area (Å²) in [6.07, 6.45) is 1.10. The van der Waals surface area contributed by atoms with Crippen molar-refractivity contribution in [3.05, 3.63) is 0 Å². The summed E-state index contributed by atoms with van der Waals surface area (Å²) in [4.78, 5) is 6.25. The molecule has 0 radical (unpaired) electrons. The molecule has 0 fully saturated rings. The minimum absolute atomic E-state index is 0.871. The maximum absolute atomic E-state index is 4.09. The molecule has 0 spiro atoms. The molecule has 3 nitrogen and oxygen atoms in total. The van der Waals surface area contributed by atoms with Crippen molar-refractivity contribution in [2.75, 3.05) is 41.3 Å². The quantitative estimate of drug-likeness (QED) is 0.327. The molecule has 0 amide bonds. The van der Waals surface area contributed by atoms with E-state index in [0.717, 1.165) is 19.5 Å². The molecule has 3 heteroatoms. The molecule has 0 aromatic carbocycles. The molecule has 0 aliphatic heterocycles. The van der Waals surface area contributed by atoms with Crippen molar-refractivity contribution in [1.82, 2.24) is 4.90 Å². The number of nitrogens with zero attached hydrogens (tertiary/aromatic N) is 3. The van der Waals surface area contributed by atoms with Gasteiger partial charge in [0.15, 0.2) is 0 Å². The lowest BCUT2D eigenvalue weighted by atomic mass is 10.4. The zero-order valence-electron chi connectivity index (χ0n) is 7.96. The third kappa shape index (κ3) is 9.34. The Hall–Kier alpha value is -0.660. The third-order valence-corrected chi connectivity index (χ3v) is 1.15. The molecule has 0 unspecified atom stereocenters. The molecule has 0 atom stereocenters. The molecule has 0 saturated heterocycles. The van der Waals surface area contributed by atoms with E-state index in [1.807, 2.05) is 18.7 Å². The van der Waals surface area contributed by atoms with Gasteiger partial charge in [0, 0.05) is 13.0 Å². The Bertz CT molecular complexity index is 151. The zero-order chi connectivity index (χ0) is 8.69. The summed E-state index contributed by atoms with van der Waals surface area (Å²) in [5.74, 6) is 0. The summed E-state index contributed by atoms with van der Waals surface area (Å²) in [7, 11) is 7.99. The largest absolute Gasteiger partial charge is 0.309 e. The van der Waals surface area contributed by atoms with Crippen LogP contribution in [0.3, 0.4) is 0 Å². The Kier molecular flexibility index (Phi) is 5.71. The molecule has 0 rings (SSSR count). The average molecular weight is 156 g/mol. The van der Waals surface area contributed by atoms with E-state index in [0.29, 0.717) is 0 Å². The van der Waals surface area contributed by atoms with E-state index in [2.05, 4.69) is 30.0 Å². The van der Waals surface area contributed by atoms with Gasteiger partial charge in [0.1, 0.15) is 6.54 Å². The lowest BCUT2D eigenvalue weighted by Crippen LogP contribution is -2.13. The summed E-state index contributed by atoms with van der Waals surface area (Å²) >= 11 is 0. The molecule has 0 saturated carbocycles. The Morgan fingerprint density at radius 2 is 2.00 bits per heavy atom. The molecule has 0 heterocycles. The predicted octanol–water partition coefficient (Wildman–Crippen LogP) is 0.384. The van der Waals surface area contributed by atoms with Gasteiger partial charge in [0.25, 0.3) is 0 Å². The average Bonchev–Trinajstić information content (AvgIpc) is 1.85. The number of hydrogen-bond acceptors (Lipinski definition) is 2. The van der Waals surface area contributed by atoms with Gasteiger partial charge >= 0.3 is 6.01 Å². The number of aliphatic imine (C=N–C) groups is 1. The van der Waals surface area contributed by atoms with Gasteiger partial charge in [-0.3, -0.25) is 0 Å². The van der Waals surface area contributed by atoms with Crippen molar-refractivity contribution in [2.24, 2.45) is 4.99 Å². The fourth-order valence-electron chi connectivity index (χ4n) is 0.657. The predicted molar refractivity (Wildman–Crippen MR) is 47.6 cm³/mol. The Morgan fingerprint density at radius 1 is 1.36 bits per heavy atom. The highest BCUT2D eigenvalue weighted by Crippen LogP contribution is 1.82. The van der Waals surface area contributed by atoms with Gasteiger partial charge in [-0.15, -0.1) is 0 Å². The van der Waals surface area contributed by atoms with Crippen molar-refractivity contribution in [3.8, 4) is 0 Å². The van der Waals surface area contributed by atoms with Gasteiger partial charge < -0.3 is 4.90 Å². The van der Waals surface area contributed by atoms with Crippen LogP contribution in [0.4, 0.5) is 0 Å². The van der Waals surface area contributed by atoms with Crippen LogP contribution in [0, 0.1) is 0 Å². The van der Waals surface area contributed by atoms with Gasteiger partial charge in [0.05, 0.1) is 14.1 Å². The van der Waals surface area contributed by atoms with Crippen molar-refractivity contribution < 1.29 is 4.58 Å². The van der Waals surface area contributed by atoms with E-state index in [1.54, 1.807) is 0 Å². The second-order valence-electron chi connectivity index (χ2n) is 3.03. The van der Waals surface area contributed by atoms with E-state index in [-0.39, 0.29) is 0 Å². The first kappa shape index (κ1) is 10.3. The number of hydrogen-bond donors (Lipinski definition) is 0. The molecule has 11 heavy (non-hydrogen) atoms. The van der Waals surface area contributed by atoms with Crippen LogP contribution in [0.15, 0.2) is 4.99 Å². The van der Waals surface area contributed by atoms with E-state index in [4.69, 9.17) is 0 Å². The van der Waals surface area contributed by atoms with Crippen LogP contribution in [0.5, 0.6) is 0 Å². The van der Waals surface area contributed by atoms with E-state index in [9.17, 15) is 0 Å². The standard InChI is InChI=1S/C8H18N3/c1-10(2)7-5-6-9-8-11(3)4/h5-7H2,1-4H3/q+1. The second-order valence-corrected chi connectivity index (χ2v) is 3.03. The molecular weight excluding hydrogens is 138 g/mol. The van der Waals surface area contributed by atoms with Gasteiger partial charge in [0.2, 0.25) is 0 Å². The van der Waals surface area contributed by atoms with Gasteiger partial charge in [-0.25, -0.2) is 4.58 Å². The molecule has 0 bridgehead atoms. The minimum Gasteiger partial charge on any atom is -0.309 e. The molecule has 0 N–H and O–H groups in total. The highest BCUT2D eigenvalue weighted by Gasteiger charge is 1.90. The first-order valence-corrected chi connectivity index (χ1v) is 3.87. The highest BCUT2D eigenvalue weighted by molar-refractivity contribution is 5.33. The van der Waals surface area contributed by atoms with Crippen LogP contribution in [-0.2, 0) is 0 Å². The Morgan fingerprint density at radius 3 is 2.45 bits per heavy atom. The van der Waals surface area contributed by atoms with Crippen LogP contribution in [-0.4, -0.2) is 56.8 Å². The first-order valence-electron chi connectivity index (χ1n) is 3.87. The van der Waals surface area contributed by atoms with E-state index in [1.165, 1.54) is 0 Å². The lowest BCUT2D eigenvalue weighted by Gasteiger charge is -2.04. The van der Waals surface area contributed by atoms with E-state index >= 15 is 0 Å². The van der Waals surface area contributed by atoms with Crippen LogP contribution in [0.2, 0.25) is 0 Å². The van der Waals surface area contributed by atoms with E-state index < -0.39 is 0 Å². The molecule has 64 valence electrons. The zero-order valence-corrected chi connectivity index (χ0v) is 7.96. The summed E-state index contributed by atoms with van der Waals surface area (Å²) in [5, 5.41) is 0. The molecular formula is C8H18N3+. The van der Waals surface area contributed by atoms with Gasteiger partial charge in [-0.05, 0) is 19.1 Å². The fraction of sp³-hybridized carbons (Fsp3) is 0.875. The summed E-state index contributed by atoms with van der Waals surface area (Å²) in [6.45, 7) is 1.97. The van der Waals surface area contributed by atoms with Crippen LogP contribution in [0.1, 0.15) is 6.42 Å². The smallest absolute Gasteiger partial charge is 0.305 e. The Balaban J connectivity index is 3.35. The first-order chi connectivity index (χ1) is 5.13. The van der Waals surface area contributed by atoms with Crippen molar-refractivity contribution >= 4 is 6.01 Å². The van der Waals surface area contributed by atoms with Crippen LogP contribution in [0.25, 0.3) is 0 Å². The summed E-state index contributed by atoms with van der Waals surface area (Å²) in [6, 6.07) is 2.86.